The Bertz CT molecular complexity index is 505. The van der Waals surface area contributed by atoms with Crippen LogP contribution in [0.5, 0.6) is 0 Å². The van der Waals surface area contributed by atoms with E-state index in [9.17, 15) is 4.79 Å². The number of benzene rings is 1. The maximum Gasteiger partial charge on any atom is 0.251 e. The van der Waals surface area contributed by atoms with Crippen LogP contribution in [0.2, 0.25) is 0 Å². The summed E-state index contributed by atoms with van der Waals surface area (Å²) < 4.78 is 0. The van der Waals surface area contributed by atoms with Crippen molar-refractivity contribution in [3.8, 4) is 0 Å². The Kier molecular flexibility index (Phi) is 5.60. The molecule has 4 N–H and O–H groups in total. The average molecular weight is 260 g/mol. The van der Waals surface area contributed by atoms with E-state index in [1.807, 2.05) is 18.2 Å². The van der Waals surface area contributed by atoms with Crippen LogP contribution in [0, 0.1) is 0 Å². The van der Waals surface area contributed by atoms with Crippen molar-refractivity contribution < 1.29 is 4.79 Å². The van der Waals surface area contributed by atoms with Gasteiger partial charge in [0, 0.05) is 18.5 Å². The summed E-state index contributed by atoms with van der Waals surface area (Å²) in [6.07, 6.45) is 1.63. The third-order valence-corrected chi connectivity index (χ3v) is 2.43. The van der Waals surface area contributed by atoms with Crippen LogP contribution in [0.4, 0.5) is 5.82 Å². The molecule has 0 unspecified atom stereocenters. The molecule has 5 heteroatoms. The molecule has 0 aliphatic rings. The van der Waals surface area contributed by atoms with E-state index < -0.39 is 0 Å². The second-order valence-corrected chi connectivity index (χ2v) is 4.32. The van der Waals surface area contributed by atoms with E-state index in [-0.39, 0.29) is 5.91 Å². The number of hydrogen-bond donors (Lipinski definition) is 3. The van der Waals surface area contributed by atoms with Crippen LogP contribution in [0.1, 0.15) is 35.9 Å². The quantitative estimate of drug-likeness (QED) is 0.773. The van der Waals surface area contributed by atoms with Gasteiger partial charge in [-0.2, -0.15) is 0 Å². The first-order valence-corrected chi connectivity index (χ1v) is 6.12. The first-order valence-electron chi connectivity index (χ1n) is 6.12. The van der Waals surface area contributed by atoms with Gasteiger partial charge in [0.25, 0.3) is 5.91 Å². The van der Waals surface area contributed by atoms with Crippen LogP contribution in [-0.4, -0.2) is 22.9 Å². The van der Waals surface area contributed by atoms with Crippen molar-refractivity contribution in [2.45, 2.75) is 19.8 Å². The third kappa shape index (κ3) is 4.83. The monoisotopic (exact) mass is 260 g/mol. The molecule has 0 radical (unpaired) electrons. The molecule has 19 heavy (non-hydrogen) atoms. The van der Waals surface area contributed by atoms with Crippen molar-refractivity contribution in [1.29, 1.82) is 0 Å². The zero-order valence-corrected chi connectivity index (χ0v) is 11.5. The number of amides is 1. The topological polar surface area (TPSA) is 83.8 Å². The van der Waals surface area contributed by atoms with Crippen LogP contribution in [-0.2, 0) is 0 Å². The number of H-pyrrole nitrogens is 1. The fourth-order valence-corrected chi connectivity index (χ4v) is 1.38. The molecule has 2 aromatic rings. The Morgan fingerprint density at radius 1 is 1.32 bits per heavy atom. The summed E-state index contributed by atoms with van der Waals surface area (Å²) in [5.41, 5.74) is 6.10. The SMILES string of the molecule is CC(C)c1ncc(N)[nH]1.CNC(=O)c1ccccc1. The molecule has 1 amide bonds. The fourth-order valence-electron chi connectivity index (χ4n) is 1.38. The van der Waals surface area contributed by atoms with Gasteiger partial charge < -0.3 is 16.0 Å². The Labute approximate surface area is 113 Å². The highest BCUT2D eigenvalue weighted by molar-refractivity contribution is 5.93. The standard InChI is InChI=1S/C8H9NO.C6H11N3/c1-9-8(10)7-5-3-2-4-6-7;1-4(2)6-8-3-5(7)9-6/h2-6H,1H3,(H,9,10);3-4H,7H2,1-2H3,(H,8,9). The highest BCUT2D eigenvalue weighted by Gasteiger charge is 2.00. The summed E-state index contributed by atoms with van der Waals surface area (Å²) in [7, 11) is 1.62. The lowest BCUT2D eigenvalue weighted by molar-refractivity contribution is 0.0963. The number of aromatic amines is 1. The predicted octanol–water partition coefficient (Wildman–Crippen LogP) is 2.16. The summed E-state index contributed by atoms with van der Waals surface area (Å²) in [4.78, 5) is 17.9. The number of anilines is 1. The number of carbonyl (C=O) groups is 1. The van der Waals surface area contributed by atoms with Crippen LogP contribution >= 0.6 is 0 Å². The molecule has 1 aromatic heterocycles. The number of hydrogen-bond acceptors (Lipinski definition) is 3. The van der Waals surface area contributed by atoms with E-state index in [0.717, 1.165) is 5.82 Å². The maximum absolute atomic E-state index is 10.9. The molecule has 1 heterocycles. The third-order valence-electron chi connectivity index (χ3n) is 2.43. The molecule has 1 aromatic carbocycles. The van der Waals surface area contributed by atoms with Gasteiger partial charge in [0.15, 0.2) is 0 Å². The summed E-state index contributed by atoms with van der Waals surface area (Å²) >= 11 is 0. The Morgan fingerprint density at radius 2 is 1.95 bits per heavy atom. The molecule has 0 aliphatic heterocycles. The van der Waals surface area contributed by atoms with Crippen molar-refractivity contribution in [3.05, 3.63) is 47.9 Å². The number of nitrogens with one attached hydrogen (secondary N) is 2. The lowest BCUT2D eigenvalue weighted by Crippen LogP contribution is -2.17. The van der Waals surface area contributed by atoms with Gasteiger partial charge in [-0.25, -0.2) is 4.98 Å². The number of aromatic nitrogens is 2. The molecule has 2 rings (SSSR count). The highest BCUT2D eigenvalue weighted by Crippen LogP contribution is 2.09. The molecule has 0 saturated heterocycles. The van der Waals surface area contributed by atoms with Gasteiger partial charge in [-0.3, -0.25) is 4.79 Å². The number of imidazole rings is 1. The number of nitrogens with zero attached hydrogens (tertiary/aromatic N) is 1. The molecule has 102 valence electrons. The van der Waals surface area contributed by atoms with Crippen molar-refractivity contribution in [2.24, 2.45) is 0 Å². The molecular weight excluding hydrogens is 240 g/mol. The minimum absolute atomic E-state index is 0.0411. The van der Waals surface area contributed by atoms with E-state index in [2.05, 4.69) is 29.1 Å². The van der Waals surface area contributed by atoms with Gasteiger partial charge in [-0.1, -0.05) is 32.0 Å². The summed E-state index contributed by atoms with van der Waals surface area (Å²) in [5.74, 6) is 1.98. The molecule has 5 nitrogen and oxygen atoms in total. The molecule has 0 spiro atoms. The van der Waals surface area contributed by atoms with E-state index in [1.165, 1.54) is 0 Å². The van der Waals surface area contributed by atoms with E-state index >= 15 is 0 Å². The second kappa shape index (κ2) is 7.20. The Balaban J connectivity index is 0.000000191. The van der Waals surface area contributed by atoms with Crippen LogP contribution in [0.15, 0.2) is 36.5 Å². The van der Waals surface area contributed by atoms with Crippen molar-refractivity contribution in [1.82, 2.24) is 15.3 Å². The van der Waals surface area contributed by atoms with Gasteiger partial charge in [0.1, 0.15) is 11.6 Å². The van der Waals surface area contributed by atoms with E-state index in [0.29, 0.717) is 17.3 Å². The van der Waals surface area contributed by atoms with Gasteiger partial charge in [-0.15, -0.1) is 0 Å². The fraction of sp³-hybridized carbons (Fsp3) is 0.286. The first-order chi connectivity index (χ1) is 9.04. The average Bonchev–Trinajstić information content (AvgIpc) is 2.86. The van der Waals surface area contributed by atoms with Crippen LogP contribution in [0.25, 0.3) is 0 Å². The second-order valence-electron chi connectivity index (χ2n) is 4.32. The lowest BCUT2D eigenvalue weighted by atomic mass is 10.2. The number of nitrogen functional groups attached to an aromatic ring is 1. The molecule has 0 atom stereocenters. The molecular formula is C14H20N4O. The van der Waals surface area contributed by atoms with Crippen LogP contribution in [0.3, 0.4) is 0 Å². The van der Waals surface area contributed by atoms with Crippen molar-refractivity contribution >= 4 is 11.7 Å². The molecule has 0 aliphatic carbocycles. The lowest BCUT2D eigenvalue weighted by Gasteiger charge is -1.96. The smallest absolute Gasteiger partial charge is 0.251 e. The van der Waals surface area contributed by atoms with Gasteiger partial charge in [-0.05, 0) is 12.1 Å². The van der Waals surface area contributed by atoms with Crippen molar-refractivity contribution in [2.75, 3.05) is 12.8 Å². The number of carbonyl (C=O) groups excluding carboxylic acids is 1. The predicted molar refractivity (Wildman–Crippen MR) is 76.9 cm³/mol. The first kappa shape index (κ1) is 14.8. The van der Waals surface area contributed by atoms with E-state index in [4.69, 9.17) is 5.73 Å². The normalized spacial score (nSPS) is 9.68. The summed E-state index contributed by atoms with van der Waals surface area (Å²) in [6.45, 7) is 4.14. The molecule has 0 saturated carbocycles. The Morgan fingerprint density at radius 3 is 2.32 bits per heavy atom. The zero-order chi connectivity index (χ0) is 14.3. The number of nitrogens with two attached hydrogens (primary N) is 1. The summed E-state index contributed by atoms with van der Waals surface area (Å²) in [5, 5.41) is 2.54. The van der Waals surface area contributed by atoms with Gasteiger partial charge in [0.2, 0.25) is 0 Å². The Hall–Kier alpha value is -2.30. The zero-order valence-electron chi connectivity index (χ0n) is 11.5. The van der Waals surface area contributed by atoms with Crippen molar-refractivity contribution in [3.63, 3.8) is 0 Å². The molecule has 0 bridgehead atoms. The number of rotatable bonds is 2. The highest BCUT2D eigenvalue weighted by atomic mass is 16.1. The van der Waals surface area contributed by atoms with E-state index in [1.54, 1.807) is 25.4 Å². The van der Waals surface area contributed by atoms with Crippen LogP contribution < -0.4 is 11.1 Å². The maximum atomic E-state index is 10.9. The van der Waals surface area contributed by atoms with Gasteiger partial charge >= 0.3 is 0 Å². The van der Waals surface area contributed by atoms with Gasteiger partial charge in [0.05, 0.1) is 6.20 Å². The minimum Gasteiger partial charge on any atom is -0.384 e. The summed E-state index contributed by atoms with van der Waals surface area (Å²) in [6, 6.07) is 9.11. The molecule has 0 fully saturated rings. The minimum atomic E-state index is -0.0411. The largest absolute Gasteiger partial charge is 0.384 e.